The largest absolute Gasteiger partial charge is 0.556 e. The molecular weight excluding hydrogens is 337 g/mol. The quantitative estimate of drug-likeness (QED) is 0.566. The molecule has 0 radical (unpaired) electrons. The van der Waals surface area contributed by atoms with E-state index >= 15 is 0 Å². The van der Waals surface area contributed by atoms with Crippen molar-refractivity contribution in [2.45, 2.75) is 26.4 Å². The maximum Gasteiger partial charge on any atom is 0.405 e. The van der Waals surface area contributed by atoms with Crippen molar-refractivity contribution in [3.8, 4) is 10.9 Å². The number of carboxylic acids is 1. The molecule has 0 saturated carbocycles. The van der Waals surface area contributed by atoms with Crippen LogP contribution in [0.1, 0.15) is 29.2 Å². The zero-order valence-corrected chi connectivity index (χ0v) is 13.7. The fraction of sp³-hybridized carbons (Fsp3) is 0.308. The van der Waals surface area contributed by atoms with Crippen LogP contribution in [0, 0.1) is 13.8 Å². The minimum atomic E-state index is -3.31. The van der Waals surface area contributed by atoms with E-state index in [2.05, 4.69) is 9.36 Å². The monoisotopic (exact) mass is 352 g/mol. The topological polar surface area (TPSA) is 148 Å². The molecule has 0 amide bonds. The third-order valence-corrected chi connectivity index (χ3v) is 4.60. The Morgan fingerprint density at radius 2 is 2.17 bits per heavy atom. The number of benzene rings is 1. The second kappa shape index (κ2) is 5.70. The molecule has 0 spiro atoms. The highest BCUT2D eigenvalue weighted by Crippen LogP contribution is 2.38. The first-order valence-corrected chi connectivity index (χ1v) is 7.86. The Bertz CT molecular complexity index is 824. The summed E-state index contributed by atoms with van der Waals surface area (Å²) < 4.78 is 14.6. The lowest BCUT2D eigenvalue weighted by atomic mass is 9.69. The molecule has 0 bridgehead atoms. The van der Waals surface area contributed by atoms with Gasteiger partial charge >= 0.3 is 12.7 Å². The van der Waals surface area contributed by atoms with Gasteiger partial charge in [0.15, 0.2) is 0 Å². The van der Waals surface area contributed by atoms with Gasteiger partial charge in [0.05, 0.1) is 6.42 Å². The molecule has 2 heterocycles. The van der Waals surface area contributed by atoms with Crippen LogP contribution in [0.3, 0.4) is 0 Å². The first-order valence-electron chi connectivity index (χ1n) is 7.09. The molecule has 1 aromatic heterocycles. The lowest BCUT2D eigenvalue weighted by Gasteiger charge is -2.24. The zero-order valence-electron chi connectivity index (χ0n) is 12.9. The van der Waals surface area contributed by atoms with Crippen molar-refractivity contribution in [1.29, 1.82) is 0 Å². The molecule has 1 aromatic carbocycles. The summed E-state index contributed by atoms with van der Waals surface area (Å²) >= 11 is 0.964. The van der Waals surface area contributed by atoms with E-state index in [4.69, 9.17) is 20.2 Å². The van der Waals surface area contributed by atoms with E-state index in [1.807, 2.05) is 0 Å². The molecule has 0 aliphatic carbocycles. The average molecular weight is 352 g/mol. The Morgan fingerprint density at radius 3 is 2.75 bits per heavy atom. The summed E-state index contributed by atoms with van der Waals surface area (Å²) in [7, 11) is 0. The predicted molar refractivity (Wildman–Crippen MR) is 86.2 cm³/mol. The molecular formula is C13H15BN3O6S-. The number of hydrogen-bond acceptors (Lipinski definition) is 9. The number of nitrogens with two attached hydrogens (primary N) is 1. The van der Waals surface area contributed by atoms with Crippen LogP contribution in [0.4, 0.5) is 5.95 Å². The van der Waals surface area contributed by atoms with Crippen LogP contribution < -0.4 is 15.9 Å². The van der Waals surface area contributed by atoms with Crippen LogP contribution in [-0.2, 0) is 9.45 Å². The summed E-state index contributed by atoms with van der Waals surface area (Å²) in [6.45, 7) is 0.204. The maximum absolute atomic E-state index is 11.0. The number of ether oxygens (including phenoxy) is 1. The van der Waals surface area contributed by atoms with Crippen molar-refractivity contribution in [2.75, 3.05) is 5.73 Å². The van der Waals surface area contributed by atoms with Crippen molar-refractivity contribution in [2.24, 2.45) is 0 Å². The molecule has 9 nitrogen and oxygen atoms in total. The minimum Gasteiger partial charge on any atom is -0.556 e. The molecule has 0 saturated heterocycles. The summed E-state index contributed by atoms with van der Waals surface area (Å²) in [5.41, 5.74) is 7.39. The Kier molecular flexibility index (Phi) is 3.96. The molecule has 1 aliphatic rings. The van der Waals surface area contributed by atoms with E-state index in [0.717, 1.165) is 11.5 Å². The van der Waals surface area contributed by atoms with Gasteiger partial charge in [-0.1, -0.05) is 0 Å². The van der Waals surface area contributed by atoms with E-state index in [0.29, 0.717) is 22.4 Å². The van der Waals surface area contributed by atoms with Gasteiger partial charge < -0.3 is 30.3 Å². The second-order valence-electron chi connectivity index (χ2n) is 5.57. The smallest absolute Gasteiger partial charge is 0.405 e. The van der Waals surface area contributed by atoms with E-state index < -0.39 is 18.8 Å². The molecule has 11 heteroatoms. The molecule has 2 aromatic rings. The molecule has 1 aliphatic heterocycles. The standard InChI is InChI=1S/C13H15BN3O6S/c1-5-6(2)11-7(14(20,21)23-9(11)4-10(18)19)3-8(5)22-13-16-12(15)17-24-13/h3,9,20-21H,4H2,1-2H3,(H2,15,17)(H,18,19)/q-1/t9-/m1/s1. The number of hydrogen-bond donors (Lipinski definition) is 4. The van der Waals surface area contributed by atoms with Crippen molar-refractivity contribution >= 4 is 35.7 Å². The molecule has 0 fully saturated rings. The van der Waals surface area contributed by atoms with Crippen molar-refractivity contribution < 1.29 is 29.3 Å². The summed E-state index contributed by atoms with van der Waals surface area (Å²) in [4.78, 5) is 14.9. The highest BCUT2D eigenvalue weighted by Gasteiger charge is 2.40. The number of fused-ring (bicyclic) bond motifs is 1. The van der Waals surface area contributed by atoms with Crippen LogP contribution in [-0.4, -0.2) is 37.2 Å². The number of nitrogen functional groups attached to an aromatic ring is 1. The van der Waals surface area contributed by atoms with Crippen molar-refractivity contribution in [3.05, 3.63) is 22.8 Å². The normalized spacial score (nSPS) is 18.4. The lowest BCUT2D eigenvalue weighted by molar-refractivity contribution is -0.139. The molecule has 24 heavy (non-hydrogen) atoms. The highest BCUT2D eigenvalue weighted by molar-refractivity contribution is 7.07. The number of aliphatic carboxylic acids is 1. The summed E-state index contributed by atoms with van der Waals surface area (Å²) in [5, 5.41) is 29.5. The number of aromatic nitrogens is 2. The Hall–Kier alpha value is -2.21. The van der Waals surface area contributed by atoms with Gasteiger partial charge in [-0.15, -0.1) is 5.46 Å². The highest BCUT2D eigenvalue weighted by atomic mass is 32.1. The predicted octanol–water partition coefficient (Wildman–Crippen LogP) is 0.206. The Morgan fingerprint density at radius 1 is 1.46 bits per heavy atom. The lowest BCUT2D eigenvalue weighted by Crippen LogP contribution is -2.48. The fourth-order valence-electron chi connectivity index (χ4n) is 2.81. The van der Waals surface area contributed by atoms with Gasteiger partial charge in [-0.25, -0.2) is 0 Å². The van der Waals surface area contributed by atoms with Crippen molar-refractivity contribution in [1.82, 2.24) is 9.36 Å². The molecule has 1 atom stereocenters. The van der Waals surface area contributed by atoms with Crippen LogP contribution in [0.2, 0.25) is 0 Å². The zero-order chi connectivity index (χ0) is 17.6. The molecule has 0 unspecified atom stereocenters. The number of rotatable bonds is 4. The number of carbonyl (C=O) groups is 1. The van der Waals surface area contributed by atoms with Crippen LogP contribution in [0.5, 0.6) is 10.9 Å². The van der Waals surface area contributed by atoms with Crippen LogP contribution >= 0.6 is 11.5 Å². The summed E-state index contributed by atoms with van der Waals surface area (Å²) in [6, 6.07) is 1.43. The van der Waals surface area contributed by atoms with Gasteiger partial charge in [-0.05, 0) is 36.6 Å². The number of carboxylic acid groups (broad SMARTS) is 1. The Labute approximate surface area is 140 Å². The second-order valence-corrected chi connectivity index (χ2v) is 6.29. The summed E-state index contributed by atoms with van der Waals surface area (Å²) in [5.74, 6) is -0.671. The Balaban J connectivity index is 2.07. The van der Waals surface area contributed by atoms with Crippen LogP contribution in [0.15, 0.2) is 6.07 Å². The van der Waals surface area contributed by atoms with E-state index in [1.165, 1.54) is 6.07 Å². The number of nitrogens with zero attached hydrogens (tertiary/aromatic N) is 2. The van der Waals surface area contributed by atoms with Gasteiger partial charge in [0, 0.05) is 17.6 Å². The van der Waals surface area contributed by atoms with E-state index in [1.54, 1.807) is 13.8 Å². The van der Waals surface area contributed by atoms with Gasteiger partial charge in [-0.3, -0.25) is 4.79 Å². The fourth-order valence-corrected chi connectivity index (χ4v) is 3.28. The van der Waals surface area contributed by atoms with Gasteiger partial charge in [0.1, 0.15) is 5.75 Å². The first-order chi connectivity index (χ1) is 11.2. The van der Waals surface area contributed by atoms with Gasteiger partial charge in [0.2, 0.25) is 5.95 Å². The van der Waals surface area contributed by atoms with E-state index in [9.17, 15) is 14.8 Å². The molecule has 128 valence electrons. The minimum absolute atomic E-state index is 0.0817. The third kappa shape index (κ3) is 2.82. The molecule has 3 rings (SSSR count). The number of anilines is 1. The third-order valence-electron chi connectivity index (χ3n) is 4.00. The van der Waals surface area contributed by atoms with Gasteiger partial charge in [-0.2, -0.15) is 9.36 Å². The maximum atomic E-state index is 11.0. The van der Waals surface area contributed by atoms with Crippen molar-refractivity contribution in [3.63, 3.8) is 0 Å². The SMILES string of the molecule is Cc1c(Oc2nc(N)ns2)cc2c(c1C)[C@@H](CC(=O)O)O[B-]2(O)O. The van der Waals surface area contributed by atoms with Crippen LogP contribution in [0.25, 0.3) is 0 Å². The van der Waals surface area contributed by atoms with E-state index in [-0.39, 0.29) is 23.0 Å². The summed E-state index contributed by atoms with van der Waals surface area (Å²) in [6.07, 6.45) is -1.30. The molecule has 5 N–H and O–H groups in total. The van der Waals surface area contributed by atoms with Gasteiger partial charge in [0.25, 0.3) is 5.19 Å². The first kappa shape index (κ1) is 16.6. The average Bonchev–Trinajstić information content (AvgIpc) is 2.97.